The van der Waals surface area contributed by atoms with Gasteiger partial charge in [-0.05, 0) is 17.7 Å². The highest BCUT2D eigenvalue weighted by molar-refractivity contribution is 5.40. The summed E-state index contributed by atoms with van der Waals surface area (Å²) in [7, 11) is 0. The summed E-state index contributed by atoms with van der Waals surface area (Å²) in [4.78, 5) is 0. The molecule has 0 saturated heterocycles. The van der Waals surface area contributed by atoms with Gasteiger partial charge in [-0.3, -0.25) is 0 Å². The Morgan fingerprint density at radius 2 is 1.13 bits per heavy atom. The van der Waals surface area contributed by atoms with Crippen molar-refractivity contribution < 1.29 is 26.3 Å². The first-order valence-corrected chi connectivity index (χ1v) is 3.67. The SMILES string of the molecule is [CH]c1c(C(F)(F)F)cccc1C(F)(F)F. The van der Waals surface area contributed by atoms with Crippen molar-refractivity contribution in [2.45, 2.75) is 12.4 Å². The fraction of sp³-hybridized carbons (Fsp3) is 0.222. The second-order valence-electron chi connectivity index (χ2n) is 2.76. The Balaban J connectivity index is 3.37. The Morgan fingerprint density at radius 1 is 0.800 bits per heavy atom. The third-order valence-corrected chi connectivity index (χ3v) is 1.72. The molecule has 0 fully saturated rings. The molecule has 0 aliphatic rings. The van der Waals surface area contributed by atoms with Crippen LogP contribution in [0.2, 0.25) is 0 Å². The minimum Gasteiger partial charge on any atom is -0.166 e. The second kappa shape index (κ2) is 3.43. The quantitative estimate of drug-likeness (QED) is 0.590. The van der Waals surface area contributed by atoms with E-state index in [1.165, 1.54) is 0 Å². The van der Waals surface area contributed by atoms with Crippen molar-refractivity contribution in [3.8, 4) is 0 Å². The normalized spacial score (nSPS) is 13.0. The lowest BCUT2D eigenvalue weighted by atomic mass is 10.0. The summed E-state index contributed by atoms with van der Waals surface area (Å²) in [5.41, 5.74) is -4.24. The van der Waals surface area contributed by atoms with Gasteiger partial charge in [-0.25, -0.2) is 0 Å². The maximum absolute atomic E-state index is 12.2. The van der Waals surface area contributed by atoms with Crippen LogP contribution in [-0.4, -0.2) is 0 Å². The summed E-state index contributed by atoms with van der Waals surface area (Å²) in [6, 6.07) is 1.68. The topological polar surface area (TPSA) is 0 Å². The molecule has 15 heavy (non-hydrogen) atoms. The third-order valence-electron chi connectivity index (χ3n) is 1.72. The molecule has 0 aromatic heterocycles. The van der Waals surface area contributed by atoms with Gasteiger partial charge in [0.1, 0.15) is 0 Å². The highest BCUT2D eigenvalue weighted by atomic mass is 19.4. The Bertz CT molecular complexity index is 328. The van der Waals surface area contributed by atoms with Crippen LogP contribution in [0.3, 0.4) is 0 Å². The van der Waals surface area contributed by atoms with Crippen molar-refractivity contribution in [2.75, 3.05) is 0 Å². The number of hydrogen-bond acceptors (Lipinski definition) is 0. The molecule has 0 aliphatic carbocycles. The third kappa shape index (κ3) is 2.43. The number of hydrogen-bond donors (Lipinski definition) is 0. The number of rotatable bonds is 0. The van der Waals surface area contributed by atoms with Crippen LogP contribution in [-0.2, 0) is 12.4 Å². The van der Waals surface area contributed by atoms with Crippen molar-refractivity contribution in [2.24, 2.45) is 0 Å². The molecular formula is C9H4F6. The molecule has 0 spiro atoms. The van der Waals surface area contributed by atoms with E-state index in [-0.39, 0.29) is 0 Å². The molecule has 82 valence electrons. The van der Waals surface area contributed by atoms with Crippen molar-refractivity contribution >= 4 is 0 Å². The van der Waals surface area contributed by atoms with E-state index in [4.69, 9.17) is 6.92 Å². The van der Waals surface area contributed by atoms with Crippen LogP contribution in [0.5, 0.6) is 0 Å². The van der Waals surface area contributed by atoms with E-state index in [1.54, 1.807) is 0 Å². The van der Waals surface area contributed by atoms with Crippen molar-refractivity contribution in [1.82, 2.24) is 0 Å². The Kier molecular flexibility index (Phi) is 2.71. The zero-order chi connectivity index (χ0) is 11.9. The molecule has 0 heterocycles. The van der Waals surface area contributed by atoms with E-state index in [9.17, 15) is 26.3 Å². The minimum atomic E-state index is -4.88. The predicted octanol–water partition coefficient (Wildman–Crippen LogP) is 3.78. The smallest absolute Gasteiger partial charge is 0.166 e. The lowest BCUT2D eigenvalue weighted by Crippen LogP contribution is -2.14. The van der Waals surface area contributed by atoms with Crippen molar-refractivity contribution in [3.05, 3.63) is 41.8 Å². The summed E-state index contributed by atoms with van der Waals surface area (Å²) in [5, 5.41) is 0. The molecule has 1 aromatic carbocycles. The molecule has 2 radical (unpaired) electrons. The maximum atomic E-state index is 12.2. The summed E-state index contributed by atoms with van der Waals surface area (Å²) in [6.07, 6.45) is -9.77. The monoisotopic (exact) mass is 226 g/mol. The number of alkyl halides is 6. The standard InChI is InChI=1S/C9H4F6/c1-5-6(8(10,11)12)3-2-4-7(5)9(13,14)15/h1-4H. The van der Waals surface area contributed by atoms with Crippen LogP contribution in [0.1, 0.15) is 16.7 Å². The highest BCUT2D eigenvalue weighted by Gasteiger charge is 2.38. The fourth-order valence-electron chi connectivity index (χ4n) is 1.06. The summed E-state index contributed by atoms with van der Waals surface area (Å²) in [6.45, 7) is 4.82. The first-order valence-electron chi connectivity index (χ1n) is 3.67. The summed E-state index contributed by atoms with van der Waals surface area (Å²) < 4.78 is 73.0. The molecule has 0 bridgehead atoms. The van der Waals surface area contributed by atoms with Crippen molar-refractivity contribution in [1.29, 1.82) is 0 Å². The molecular weight excluding hydrogens is 222 g/mol. The predicted molar refractivity (Wildman–Crippen MR) is 39.8 cm³/mol. The Hall–Kier alpha value is -1.20. The molecule has 0 aliphatic heterocycles. The van der Waals surface area contributed by atoms with E-state index in [0.29, 0.717) is 18.2 Å². The van der Waals surface area contributed by atoms with Crippen LogP contribution in [0.4, 0.5) is 26.3 Å². The van der Waals surface area contributed by atoms with E-state index in [1.807, 2.05) is 0 Å². The highest BCUT2D eigenvalue weighted by Crippen LogP contribution is 2.38. The Morgan fingerprint density at radius 3 is 1.40 bits per heavy atom. The molecule has 0 atom stereocenters. The maximum Gasteiger partial charge on any atom is 0.416 e. The van der Waals surface area contributed by atoms with Gasteiger partial charge in [0.2, 0.25) is 0 Å². The first kappa shape index (κ1) is 11.9. The average molecular weight is 226 g/mol. The summed E-state index contributed by atoms with van der Waals surface area (Å²) in [5.74, 6) is 0. The van der Waals surface area contributed by atoms with Gasteiger partial charge in [0.05, 0.1) is 11.1 Å². The van der Waals surface area contributed by atoms with E-state index in [2.05, 4.69) is 0 Å². The molecule has 6 heteroatoms. The molecule has 0 saturated carbocycles. The second-order valence-corrected chi connectivity index (χ2v) is 2.76. The van der Waals surface area contributed by atoms with Crippen LogP contribution < -0.4 is 0 Å². The molecule has 1 aromatic rings. The van der Waals surface area contributed by atoms with Gasteiger partial charge in [0.15, 0.2) is 0 Å². The first-order chi connectivity index (χ1) is 6.64. The van der Waals surface area contributed by atoms with Gasteiger partial charge < -0.3 is 0 Å². The largest absolute Gasteiger partial charge is 0.416 e. The molecule has 1 rings (SSSR count). The number of benzene rings is 1. The van der Waals surface area contributed by atoms with Gasteiger partial charge in [-0.15, -0.1) is 0 Å². The molecule has 0 N–H and O–H groups in total. The van der Waals surface area contributed by atoms with Crippen molar-refractivity contribution in [3.63, 3.8) is 0 Å². The van der Waals surface area contributed by atoms with E-state index >= 15 is 0 Å². The van der Waals surface area contributed by atoms with Crippen LogP contribution >= 0.6 is 0 Å². The lowest BCUT2D eigenvalue weighted by molar-refractivity contribution is -0.143. The zero-order valence-corrected chi connectivity index (χ0v) is 7.08. The average Bonchev–Trinajstić information content (AvgIpc) is 1.99. The van der Waals surface area contributed by atoms with Gasteiger partial charge in [-0.1, -0.05) is 6.07 Å². The summed E-state index contributed by atoms with van der Waals surface area (Å²) >= 11 is 0. The Labute approximate surface area is 81.5 Å². The van der Waals surface area contributed by atoms with Gasteiger partial charge >= 0.3 is 12.4 Å². The molecule has 0 unspecified atom stereocenters. The fourth-order valence-corrected chi connectivity index (χ4v) is 1.06. The molecule has 0 amide bonds. The zero-order valence-electron chi connectivity index (χ0n) is 7.08. The van der Waals surface area contributed by atoms with Crippen LogP contribution in [0.25, 0.3) is 0 Å². The van der Waals surface area contributed by atoms with Gasteiger partial charge in [0, 0.05) is 6.92 Å². The number of halogens is 6. The minimum absolute atomic E-state index is 0.505. The lowest BCUT2D eigenvalue weighted by Gasteiger charge is -2.15. The van der Waals surface area contributed by atoms with Crippen LogP contribution in [0, 0.1) is 6.92 Å². The van der Waals surface area contributed by atoms with E-state index in [0.717, 1.165) is 0 Å². The van der Waals surface area contributed by atoms with Crippen LogP contribution in [0.15, 0.2) is 18.2 Å². The van der Waals surface area contributed by atoms with E-state index < -0.39 is 29.0 Å². The van der Waals surface area contributed by atoms with Gasteiger partial charge in [0.25, 0.3) is 0 Å². The van der Waals surface area contributed by atoms with Gasteiger partial charge in [-0.2, -0.15) is 26.3 Å². The molecule has 0 nitrogen and oxygen atoms in total.